The molecular formula is C15H26N4O. The molecule has 0 bridgehead atoms. The second-order valence-corrected chi connectivity index (χ2v) is 5.09. The number of carbonyl (C=O) groups excluding carboxylic acids is 1. The van der Waals surface area contributed by atoms with Gasteiger partial charge in [0.25, 0.3) is 0 Å². The van der Waals surface area contributed by atoms with Gasteiger partial charge in [-0.05, 0) is 39.4 Å². The molecule has 112 valence electrons. The van der Waals surface area contributed by atoms with Gasteiger partial charge in [-0.3, -0.25) is 14.7 Å². The van der Waals surface area contributed by atoms with Crippen LogP contribution in [0, 0.1) is 0 Å². The summed E-state index contributed by atoms with van der Waals surface area (Å²) in [5.74, 6) is 0.0599. The molecule has 0 aromatic carbocycles. The van der Waals surface area contributed by atoms with Gasteiger partial charge in [0.2, 0.25) is 5.91 Å². The summed E-state index contributed by atoms with van der Waals surface area (Å²) in [5, 5.41) is 6.18. The van der Waals surface area contributed by atoms with Crippen LogP contribution in [0.15, 0.2) is 18.3 Å². The fraction of sp³-hybridized carbons (Fsp3) is 0.600. The summed E-state index contributed by atoms with van der Waals surface area (Å²) in [7, 11) is 0. The molecule has 1 heterocycles. The first-order valence-corrected chi connectivity index (χ1v) is 7.25. The monoisotopic (exact) mass is 278 g/mol. The number of amides is 1. The maximum atomic E-state index is 11.8. The maximum Gasteiger partial charge on any atom is 0.234 e. The van der Waals surface area contributed by atoms with Crippen molar-refractivity contribution < 1.29 is 4.79 Å². The molecule has 0 fully saturated rings. The highest BCUT2D eigenvalue weighted by Crippen LogP contribution is 2.09. The van der Waals surface area contributed by atoms with Crippen molar-refractivity contribution in [1.82, 2.24) is 15.2 Å². The molecule has 0 spiro atoms. The van der Waals surface area contributed by atoms with Crippen LogP contribution in [0.4, 0.5) is 5.69 Å². The van der Waals surface area contributed by atoms with Crippen molar-refractivity contribution in [3.8, 4) is 0 Å². The van der Waals surface area contributed by atoms with E-state index in [0.29, 0.717) is 13.1 Å². The molecule has 0 saturated heterocycles. The molecule has 1 aromatic rings. The Morgan fingerprint density at radius 1 is 1.40 bits per heavy atom. The Hall–Kier alpha value is -1.62. The predicted octanol–water partition coefficient (Wildman–Crippen LogP) is 1.86. The highest BCUT2D eigenvalue weighted by molar-refractivity contribution is 5.78. The van der Waals surface area contributed by atoms with Crippen LogP contribution in [0.5, 0.6) is 0 Å². The van der Waals surface area contributed by atoms with Gasteiger partial charge < -0.3 is 10.6 Å². The number of aromatic nitrogens is 1. The van der Waals surface area contributed by atoms with E-state index in [1.54, 1.807) is 6.20 Å². The molecule has 5 heteroatoms. The first kappa shape index (κ1) is 16.4. The number of hydrogen-bond acceptors (Lipinski definition) is 4. The van der Waals surface area contributed by atoms with Crippen molar-refractivity contribution in [2.45, 2.75) is 40.3 Å². The Morgan fingerprint density at radius 3 is 2.75 bits per heavy atom. The molecule has 0 aliphatic rings. The van der Waals surface area contributed by atoms with E-state index in [9.17, 15) is 4.79 Å². The number of nitrogens with one attached hydrogen (secondary N) is 2. The smallest absolute Gasteiger partial charge is 0.234 e. The maximum absolute atomic E-state index is 11.8. The molecule has 20 heavy (non-hydrogen) atoms. The summed E-state index contributed by atoms with van der Waals surface area (Å²) >= 11 is 0. The second kappa shape index (κ2) is 8.53. The molecule has 0 unspecified atom stereocenters. The number of pyridine rings is 1. The normalized spacial score (nSPS) is 10.9. The third kappa shape index (κ3) is 6.02. The van der Waals surface area contributed by atoms with Gasteiger partial charge in [0, 0.05) is 31.0 Å². The fourth-order valence-electron chi connectivity index (χ4n) is 1.96. The third-order valence-electron chi connectivity index (χ3n) is 2.85. The first-order chi connectivity index (χ1) is 9.55. The SMILES string of the molecule is CCNc1ccnc(CN(CC)CC(=O)NC(C)C)c1. The van der Waals surface area contributed by atoms with Crippen molar-refractivity contribution in [1.29, 1.82) is 0 Å². The van der Waals surface area contributed by atoms with Crippen LogP contribution in [-0.4, -0.2) is 41.5 Å². The fourth-order valence-corrected chi connectivity index (χ4v) is 1.96. The van der Waals surface area contributed by atoms with Crippen LogP contribution in [0.3, 0.4) is 0 Å². The molecule has 0 atom stereocenters. The van der Waals surface area contributed by atoms with Crippen LogP contribution < -0.4 is 10.6 Å². The molecule has 2 N–H and O–H groups in total. The number of likely N-dealkylation sites (N-methyl/N-ethyl adjacent to an activating group) is 1. The minimum absolute atomic E-state index is 0.0599. The predicted molar refractivity (Wildman–Crippen MR) is 82.6 cm³/mol. The topological polar surface area (TPSA) is 57.3 Å². The summed E-state index contributed by atoms with van der Waals surface area (Å²) < 4.78 is 0. The summed E-state index contributed by atoms with van der Waals surface area (Å²) in [4.78, 5) is 18.2. The van der Waals surface area contributed by atoms with Crippen LogP contribution in [0.2, 0.25) is 0 Å². The standard InChI is InChI=1S/C15H26N4O/c1-5-16-13-7-8-17-14(9-13)10-19(6-2)11-15(20)18-12(3)4/h7-9,12H,5-6,10-11H2,1-4H3,(H,16,17)(H,18,20). The number of hydrogen-bond donors (Lipinski definition) is 2. The van der Waals surface area contributed by atoms with Crippen molar-refractivity contribution in [3.63, 3.8) is 0 Å². The number of carbonyl (C=O) groups is 1. The lowest BCUT2D eigenvalue weighted by Crippen LogP contribution is -2.39. The van der Waals surface area contributed by atoms with Crippen LogP contribution in [-0.2, 0) is 11.3 Å². The molecule has 1 aromatic heterocycles. The zero-order valence-corrected chi connectivity index (χ0v) is 12.9. The molecule has 0 saturated carbocycles. The van der Waals surface area contributed by atoms with Gasteiger partial charge in [-0.25, -0.2) is 0 Å². The van der Waals surface area contributed by atoms with Crippen molar-refractivity contribution in [2.24, 2.45) is 0 Å². The Kier molecular flexibility index (Phi) is 7.01. The van der Waals surface area contributed by atoms with E-state index >= 15 is 0 Å². The lowest BCUT2D eigenvalue weighted by atomic mass is 10.3. The van der Waals surface area contributed by atoms with E-state index in [1.807, 2.05) is 26.0 Å². The Morgan fingerprint density at radius 2 is 2.15 bits per heavy atom. The summed E-state index contributed by atoms with van der Waals surface area (Å²) in [6.45, 7) is 10.8. The molecule has 0 aliphatic carbocycles. The average Bonchev–Trinajstić information content (AvgIpc) is 2.37. The van der Waals surface area contributed by atoms with Gasteiger partial charge in [-0.1, -0.05) is 6.92 Å². The van der Waals surface area contributed by atoms with Gasteiger partial charge in [-0.2, -0.15) is 0 Å². The summed E-state index contributed by atoms with van der Waals surface area (Å²) in [6, 6.07) is 4.16. The highest BCUT2D eigenvalue weighted by Gasteiger charge is 2.11. The van der Waals surface area contributed by atoms with Crippen LogP contribution >= 0.6 is 0 Å². The third-order valence-corrected chi connectivity index (χ3v) is 2.85. The van der Waals surface area contributed by atoms with Gasteiger partial charge in [-0.15, -0.1) is 0 Å². The van der Waals surface area contributed by atoms with Crippen molar-refractivity contribution in [3.05, 3.63) is 24.0 Å². The number of nitrogens with zero attached hydrogens (tertiary/aromatic N) is 2. The average molecular weight is 278 g/mol. The van der Waals surface area contributed by atoms with Crippen molar-refractivity contribution >= 4 is 11.6 Å². The summed E-state index contributed by atoms with van der Waals surface area (Å²) in [5.41, 5.74) is 2.04. The Balaban J connectivity index is 2.59. The Labute approximate surface area is 121 Å². The first-order valence-electron chi connectivity index (χ1n) is 7.25. The van der Waals surface area contributed by atoms with E-state index in [2.05, 4.69) is 34.4 Å². The molecular weight excluding hydrogens is 252 g/mol. The van der Waals surface area contributed by atoms with Gasteiger partial charge in [0.15, 0.2) is 0 Å². The van der Waals surface area contributed by atoms with Crippen LogP contribution in [0.25, 0.3) is 0 Å². The van der Waals surface area contributed by atoms with Crippen molar-refractivity contribution in [2.75, 3.05) is 25.0 Å². The minimum Gasteiger partial charge on any atom is -0.385 e. The quantitative estimate of drug-likeness (QED) is 0.762. The lowest BCUT2D eigenvalue weighted by molar-refractivity contribution is -0.122. The zero-order chi connectivity index (χ0) is 15.0. The molecule has 1 amide bonds. The molecule has 0 radical (unpaired) electrons. The minimum atomic E-state index is 0.0599. The zero-order valence-electron chi connectivity index (χ0n) is 12.9. The highest BCUT2D eigenvalue weighted by atomic mass is 16.2. The number of rotatable bonds is 8. The molecule has 1 rings (SSSR count). The lowest BCUT2D eigenvalue weighted by Gasteiger charge is -2.20. The Bertz CT molecular complexity index is 420. The van der Waals surface area contributed by atoms with Gasteiger partial charge >= 0.3 is 0 Å². The van der Waals surface area contributed by atoms with E-state index in [0.717, 1.165) is 24.5 Å². The van der Waals surface area contributed by atoms with Gasteiger partial charge in [0.1, 0.15) is 0 Å². The van der Waals surface area contributed by atoms with Gasteiger partial charge in [0.05, 0.1) is 12.2 Å². The number of anilines is 1. The molecule has 0 aliphatic heterocycles. The van der Waals surface area contributed by atoms with E-state index in [1.165, 1.54) is 0 Å². The summed E-state index contributed by atoms with van der Waals surface area (Å²) in [6.07, 6.45) is 1.80. The van der Waals surface area contributed by atoms with E-state index in [-0.39, 0.29) is 11.9 Å². The molecule has 5 nitrogen and oxygen atoms in total. The van der Waals surface area contributed by atoms with Crippen LogP contribution in [0.1, 0.15) is 33.4 Å². The largest absolute Gasteiger partial charge is 0.385 e. The van der Waals surface area contributed by atoms with E-state index in [4.69, 9.17) is 0 Å². The second-order valence-electron chi connectivity index (χ2n) is 5.09. The van der Waals surface area contributed by atoms with E-state index < -0.39 is 0 Å².